The molecule has 0 radical (unpaired) electrons. The van der Waals surface area contributed by atoms with E-state index in [4.69, 9.17) is 5.73 Å². The lowest BCUT2D eigenvalue weighted by atomic mass is 10.0. The Balaban J connectivity index is 1.91. The maximum absolute atomic E-state index is 13.0. The number of nitrogens with zero attached hydrogens (tertiary/aromatic N) is 2. The Labute approximate surface area is 117 Å². The maximum atomic E-state index is 13.0. The second-order valence-corrected chi connectivity index (χ2v) is 5.78. The van der Waals surface area contributed by atoms with E-state index in [9.17, 15) is 13.2 Å². The van der Waals surface area contributed by atoms with Crippen molar-refractivity contribution in [2.24, 2.45) is 0 Å². The van der Waals surface area contributed by atoms with E-state index in [1.807, 2.05) is 4.90 Å². The third kappa shape index (κ3) is 2.33. The number of rotatable bonds is 2. The van der Waals surface area contributed by atoms with Crippen molar-refractivity contribution in [2.45, 2.75) is 19.1 Å². The highest BCUT2D eigenvalue weighted by molar-refractivity contribution is 7.15. The third-order valence-corrected chi connectivity index (χ3v) is 4.16. The van der Waals surface area contributed by atoms with Gasteiger partial charge in [-0.25, -0.2) is 4.98 Å². The van der Waals surface area contributed by atoms with Crippen LogP contribution in [0.25, 0.3) is 0 Å². The van der Waals surface area contributed by atoms with Crippen LogP contribution in [-0.4, -0.2) is 11.5 Å². The van der Waals surface area contributed by atoms with E-state index >= 15 is 0 Å². The lowest BCUT2D eigenvalue weighted by molar-refractivity contribution is -0.138. The minimum Gasteiger partial charge on any atom is -0.375 e. The molecule has 2 heterocycles. The van der Waals surface area contributed by atoms with Gasteiger partial charge in [0.1, 0.15) is 0 Å². The number of halogens is 3. The molecule has 1 aromatic carbocycles. The molecule has 106 valence electrons. The van der Waals surface area contributed by atoms with Gasteiger partial charge in [0.15, 0.2) is 5.13 Å². The number of aromatic nitrogens is 1. The molecular formula is C13H12F3N3S. The third-order valence-electron chi connectivity index (χ3n) is 3.35. The van der Waals surface area contributed by atoms with Gasteiger partial charge in [-0.2, -0.15) is 13.2 Å². The molecule has 0 spiro atoms. The molecule has 0 saturated heterocycles. The van der Waals surface area contributed by atoms with Gasteiger partial charge in [-0.05, 0) is 24.1 Å². The Hall–Kier alpha value is -1.76. The van der Waals surface area contributed by atoms with E-state index < -0.39 is 11.7 Å². The van der Waals surface area contributed by atoms with Crippen molar-refractivity contribution in [1.29, 1.82) is 0 Å². The molecule has 2 aromatic rings. The molecule has 2 N–H and O–H groups in total. The summed E-state index contributed by atoms with van der Waals surface area (Å²) in [7, 11) is 0. The van der Waals surface area contributed by atoms with Gasteiger partial charge < -0.3 is 10.6 Å². The number of hydrogen-bond donors (Lipinski definition) is 1. The van der Waals surface area contributed by atoms with Crippen LogP contribution in [0.3, 0.4) is 0 Å². The van der Waals surface area contributed by atoms with Crippen molar-refractivity contribution in [2.75, 3.05) is 17.2 Å². The topological polar surface area (TPSA) is 42.1 Å². The number of nitrogen functional groups attached to an aromatic ring is 1. The summed E-state index contributed by atoms with van der Waals surface area (Å²) >= 11 is 1.36. The van der Waals surface area contributed by atoms with Gasteiger partial charge in [0.2, 0.25) is 0 Å². The Morgan fingerprint density at radius 1 is 1.35 bits per heavy atom. The lowest BCUT2D eigenvalue weighted by Gasteiger charge is -2.19. The van der Waals surface area contributed by atoms with Crippen molar-refractivity contribution in [1.82, 2.24) is 4.98 Å². The molecule has 0 aliphatic carbocycles. The molecule has 1 aromatic heterocycles. The summed E-state index contributed by atoms with van der Waals surface area (Å²) in [6.45, 7) is 1.13. The molecule has 1 aliphatic heterocycles. The molecular weight excluding hydrogens is 287 g/mol. The highest BCUT2D eigenvalue weighted by Gasteiger charge is 2.36. The lowest BCUT2D eigenvalue weighted by Crippen LogP contribution is -2.18. The molecule has 3 rings (SSSR count). The van der Waals surface area contributed by atoms with Crippen molar-refractivity contribution in [3.05, 3.63) is 40.4 Å². The number of alkyl halides is 3. The molecule has 0 fully saturated rings. The Kier molecular flexibility index (Phi) is 3.08. The standard InChI is InChI=1S/C13H12F3N3S/c14-13(15,16)10-2-1-3-11-9(10)4-5-19(11)7-8-6-18-12(17)20-8/h1-3,6H,4-5,7H2,(H2,17,18). The van der Waals surface area contributed by atoms with E-state index in [0.29, 0.717) is 35.9 Å². The zero-order chi connectivity index (χ0) is 14.3. The summed E-state index contributed by atoms with van der Waals surface area (Å²) in [5, 5.41) is 0.475. The van der Waals surface area contributed by atoms with Gasteiger partial charge in [-0.1, -0.05) is 6.07 Å². The van der Waals surface area contributed by atoms with Crippen LogP contribution in [0.15, 0.2) is 24.4 Å². The van der Waals surface area contributed by atoms with E-state index in [1.165, 1.54) is 17.4 Å². The first-order chi connectivity index (χ1) is 9.45. The van der Waals surface area contributed by atoms with Crippen LogP contribution in [-0.2, 0) is 19.1 Å². The van der Waals surface area contributed by atoms with Crippen molar-refractivity contribution < 1.29 is 13.2 Å². The van der Waals surface area contributed by atoms with E-state index in [0.717, 1.165) is 10.9 Å². The summed E-state index contributed by atoms with van der Waals surface area (Å²) in [4.78, 5) is 6.85. The fourth-order valence-corrected chi connectivity index (χ4v) is 3.21. The highest BCUT2D eigenvalue weighted by Crippen LogP contribution is 2.40. The van der Waals surface area contributed by atoms with Crippen LogP contribution in [0.1, 0.15) is 16.0 Å². The van der Waals surface area contributed by atoms with Crippen LogP contribution in [0.4, 0.5) is 24.0 Å². The zero-order valence-corrected chi connectivity index (χ0v) is 11.3. The zero-order valence-electron chi connectivity index (χ0n) is 10.4. The summed E-state index contributed by atoms with van der Waals surface area (Å²) in [6, 6.07) is 4.34. The summed E-state index contributed by atoms with van der Waals surface area (Å²) in [5.41, 5.74) is 6.09. The first-order valence-corrected chi connectivity index (χ1v) is 6.91. The number of thiazole rings is 1. The second kappa shape index (κ2) is 4.66. The fraction of sp³-hybridized carbons (Fsp3) is 0.308. The van der Waals surface area contributed by atoms with Crippen LogP contribution >= 0.6 is 11.3 Å². The number of benzene rings is 1. The molecule has 20 heavy (non-hydrogen) atoms. The summed E-state index contributed by atoms with van der Waals surface area (Å²) in [5.74, 6) is 0. The fourth-order valence-electron chi connectivity index (χ4n) is 2.51. The first kappa shape index (κ1) is 13.2. The monoisotopic (exact) mass is 299 g/mol. The predicted molar refractivity (Wildman–Crippen MR) is 72.7 cm³/mol. The largest absolute Gasteiger partial charge is 0.416 e. The molecule has 7 heteroatoms. The Bertz CT molecular complexity index is 636. The summed E-state index contributed by atoms with van der Waals surface area (Å²) in [6.07, 6.45) is -2.21. The number of nitrogens with two attached hydrogens (primary N) is 1. The van der Waals surface area contributed by atoms with Crippen LogP contribution in [0, 0.1) is 0 Å². The molecule has 0 amide bonds. The average Bonchev–Trinajstić information content (AvgIpc) is 2.96. The Morgan fingerprint density at radius 3 is 2.80 bits per heavy atom. The van der Waals surface area contributed by atoms with E-state index in [-0.39, 0.29) is 0 Å². The van der Waals surface area contributed by atoms with Gasteiger partial charge >= 0.3 is 6.18 Å². The van der Waals surface area contributed by atoms with Crippen LogP contribution in [0.5, 0.6) is 0 Å². The van der Waals surface area contributed by atoms with Crippen LogP contribution < -0.4 is 10.6 Å². The molecule has 0 saturated carbocycles. The van der Waals surface area contributed by atoms with Crippen molar-refractivity contribution in [3.8, 4) is 0 Å². The van der Waals surface area contributed by atoms with Gasteiger partial charge in [0.05, 0.1) is 12.1 Å². The quantitative estimate of drug-likeness (QED) is 0.925. The minimum absolute atomic E-state index is 0.387. The van der Waals surface area contributed by atoms with E-state index in [1.54, 1.807) is 12.3 Å². The van der Waals surface area contributed by atoms with Gasteiger partial charge in [-0.3, -0.25) is 0 Å². The predicted octanol–water partition coefficient (Wildman–Crippen LogP) is 3.31. The number of hydrogen-bond acceptors (Lipinski definition) is 4. The molecule has 0 bridgehead atoms. The minimum atomic E-state index is -4.30. The van der Waals surface area contributed by atoms with Gasteiger partial charge in [0.25, 0.3) is 0 Å². The van der Waals surface area contributed by atoms with Crippen LogP contribution in [0.2, 0.25) is 0 Å². The molecule has 3 nitrogen and oxygen atoms in total. The highest BCUT2D eigenvalue weighted by atomic mass is 32.1. The Morgan fingerprint density at radius 2 is 2.15 bits per heavy atom. The normalized spacial score (nSPS) is 14.7. The van der Waals surface area contributed by atoms with Gasteiger partial charge in [0, 0.05) is 23.3 Å². The number of anilines is 2. The second-order valence-electron chi connectivity index (χ2n) is 4.64. The summed E-state index contributed by atoms with van der Waals surface area (Å²) < 4.78 is 38.9. The van der Waals surface area contributed by atoms with E-state index in [2.05, 4.69) is 4.98 Å². The average molecular weight is 299 g/mol. The van der Waals surface area contributed by atoms with Crippen molar-refractivity contribution in [3.63, 3.8) is 0 Å². The maximum Gasteiger partial charge on any atom is 0.416 e. The molecule has 0 atom stereocenters. The molecule has 1 aliphatic rings. The SMILES string of the molecule is Nc1ncc(CN2CCc3c2cccc3C(F)(F)F)s1. The van der Waals surface area contributed by atoms with Gasteiger partial charge in [-0.15, -0.1) is 11.3 Å². The number of fused-ring (bicyclic) bond motifs is 1. The van der Waals surface area contributed by atoms with Crippen molar-refractivity contribution >= 4 is 22.2 Å². The molecule has 0 unspecified atom stereocenters. The first-order valence-electron chi connectivity index (χ1n) is 6.09. The smallest absolute Gasteiger partial charge is 0.375 e.